The van der Waals surface area contributed by atoms with Gasteiger partial charge >= 0.3 is 6.09 Å². The first-order valence-corrected chi connectivity index (χ1v) is 12.0. The van der Waals surface area contributed by atoms with Crippen molar-refractivity contribution in [3.63, 3.8) is 0 Å². The van der Waals surface area contributed by atoms with Gasteiger partial charge in [-0.25, -0.2) is 19.7 Å². The number of hydrogen-bond acceptors (Lipinski definition) is 6. The van der Waals surface area contributed by atoms with Crippen molar-refractivity contribution in [2.45, 2.75) is 67.4 Å². The smallest absolute Gasteiger partial charge is 0.410 e. The third kappa shape index (κ3) is 6.56. The van der Waals surface area contributed by atoms with E-state index in [1.165, 1.54) is 0 Å². The van der Waals surface area contributed by atoms with Crippen LogP contribution in [0.1, 0.15) is 66.1 Å². The van der Waals surface area contributed by atoms with Gasteiger partial charge in [-0.05, 0) is 57.4 Å². The predicted octanol–water partition coefficient (Wildman–Crippen LogP) is 5.99. The largest absolute Gasteiger partial charge is 0.444 e. The van der Waals surface area contributed by atoms with E-state index in [9.17, 15) is 4.79 Å². The van der Waals surface area contributed by atoms with Gasteiger partial charge in [0.05, 0.1) is 22.9 Å². The zero-order chi connectivity index (χ0) is 25.5. The highest BCUT2D eigenvalue weighted by Gasteiger charge is 2.24. The van der Waals surface area contributed by atoms with Gasteiger partial charge in [0.15, 0.2) is 11.6 Å². The number of imidazole rings is 1. The summed E-state index contributed by atoms with van der Waals surface area (Å²) in [5.74, 6) is 0.913. The number of nitrogens with zero attached hydrogens (tertiary/aromatic N) is 4. The van der Waals surface area contributed by atoms with Crippen LogP contribution in [0.4, 0.5) is 10.6 Å². The summed E-state index contributed by atoms with van der Waals surface area (Å²) in [5.41, 5.74) is 10.8. The fourth-order valence-corrected chi connectivity index (χ4v) is 3.36. The van der Waals surface area contributed by atoms with Crippen molar-refractivity contribution in [1.29, 1.82) is 0 Å². The first-order chi connectivity index (χ1) is 16.2. The Morgan fingerprint density at radius 3 is 2.47 bits per heavy atom. The summed E-state index contributed by atoms with van der Waals surface area (Å²) >= 11 is 0. The number of aromatic nitrogens is 4. The normalized spacial score (nSPS) is 13.3. The van der Waals surface area contributed by atoms with Crippen LogP contribution in [-0.2, 0) is 4.74 Å². The number of ether oxygens (including phenoxy) is 1. The van der Waals surface area contributed by atoms with Gasteiger partial charge in [-0.2, -0.15) is 0 Å². The zero-order valence-corrected chi connectivity index (χ0v) is 21.7. The third-order valence-electron chi connectivity index (χ3n) is 4.85. The molecule has 8 heteroatoms. The Bertz CT molecular complexity index is 1140. The second-order valence-corrected chi connectivity index (χ2v) is 8.50. The number of H-pyrrole nitrogens is 1. The molecule has 0 fully saturated rings. The molecule has 0 saturated carbocycles. The van der Waals surface area contributed by atoms with Crippen LogP contribution in [0.5, 0.6) is 0 Å². The van der Waals surface area contributed by atoms with Gasteiger partial charge < -0.3 is 20.4 Å². The van der Waals surface area contributed by atoms with Crippen molar-refractivity contribution in [2.24, 2.45) is 0 Å². The molecule has 3 N–H and O–H groups in total. The average Bonchev–Trinajstić information content (AvgIpc) is 3.24. The number of nitrogens with one attached hydrogen (secondary N) is 1. The number of carbonyl (C=O) groups excluding carboxylic acids is 1. The lowest BCUT2D eigenvalue weighted by Crippen LogP contribution is -2.39. The molecule has 0 radical (unpaired) electrons. The zero-order valence-electron chi connectivity index (χ0n) is 21.7. The molecule has 3 aromatic rings. The molecule has 0 atom stereocenters. The lowest BCUT2D eigenvalue weighted by molar-refractivity contribution is 0.0270. The average molecular weight is 467 g/mol. The summed E-state index contributed by atoms with van der Waals surface area (Å²) < 4.78 is 5.45. The highest BCUT2D eigenvalue weighted by molar-refractivity contribution is 5.81. The summed E-state index contributed by atoms with van der Waals surface area (Å²) in [6.07, 6.45) is 4.01. The molecule has 1 amide bonds. The van der Waals surface area contributed by atoms with Crippen LogP contribution in [0.15, 0.2) is 30.5 Å². The molecule has 0 aliphatic carbocycles. The van der Waals surface area contributed by atoms with Gasteiger partial charge in [0.25, 0.3) is 0 Å². The van der Waals surface area contributed by atoms with E-state index < -0.39 is 5.60 Å². The third-order valence-corrected chi connectivity index (χ3v) is 4.85. The molecule has 34 heavy (non-hydrogen) atoms. The summed E-state index contributed by atoms with van der Waals surface area (Å²) in [7, 11) is 0. The molecule has 0 saturated heterocycles. The number of rotatable bonds is 2. The summed E-state index contributed by atoms with van der Waals surface area (Å²) in [6, 6.07) is 6.02. The van der Waals surface area contributed by atoms with Crippen LogP contribution in [0.2, 0.25) is 0 Å². The minimum Gasteiger partial charge on any atom is -0.444 e. The van der Waals surface area contributed by atoms with Gasteiger partial charge in [-0.1, -0.05) is 39.8 Å². The van der Waals surface area contributed by atoms with Crippen molar-refractivity contribution in [2.75, 3.05) is 18.8 Å². The number of nitrogen functional groups attached to an aromatic ring is 1. The van der Waals surface area contributed by atoms with Crippen molar-refractivity contribution in [3.05, 3.63) is 41.7 Å². The summed E-state index contributed by atoms with van der Waals surface area (Å²) in [4.78, 5) is 30.9. The number of aryl methyl sites for hydroxylation is 1. The predicted molar refractivity (Wildman–Crippen MR) is 139 cm³/mol. The Labute approximate surface area is 202 Å². The number of nitrogens with two attached hydrogens (primary N) is 1. The van der Waals surface area contributed by atoms with Crippen LogP contribution < -0.4 is 5.73 Å². The van der Waals surface area contributed by atoms with Gasteiger partial charge in [0.2, 0.25) is 0 Å². The maximum Gasteiger partial charge on any atom is 0.410 e. The van der Waals surface area contributed by atoms with Crippen LogP contribution in [0, 0.1) is 6.92 Å². The number of aromatic amines is 1. The second-order valence-electron chi connectivity index (χ2n) is 8.50. The Kier molecular flexibility index (Phi) is 9.18. The van der Waals surface area contributed by atoms with E-state index in [-0.39, 0.29) is 6.09 Å². The van der Waals surface area contributed by atoms with E-state index in [2.05, 4.69) is 15.0 Å². The second kappa shape index (κ2) is 11.6. The van der Waals surface area contributed by atoms with Gasteiger partial charge in [-0.15, -0.1) is 0 Å². The van der Waals surface area contributed by atoms with Crippen molar-refractivity contribution < 1.29 is 9.53 Å². The number of fused-ring (bicyclic) bond motifs is 1. The molecular formula is C26H38N6O2. The van der Waals surface area contributed by atoms with Gasteiger partial charge in [0, 0.05) is 13.1 Å². The molecule has 1 aliphatic rings. The molecule has 0 spiro atoms. The quantitative estimate of drug-likeness (QED) is 0.480. The maximum absolute atomic E-state index is 12.3. The standard InChI is InChI=1S/C22H26N6O2.2C2H6/c1-13-5-6-15-16(11-13)27-20(26-15)18-19(23)24-12-17(25-18)14-7-9-28(10-8-14)21(29)30-22(2,3)4;2*1-2/h5-7,11-12H,8-10H2,1-4H3,(H2,23,24)(H,26,27);2*1-2H3. The highest BCUT2D eigenvalue weighted by Crippen LogP contribution is 2.27. The van der Waals surface area contributed by atoms with E-state index in [0.29, 0.717) is 36.8 Å². The fraction of sp³-hybridized carbons (Fsp3) is 0.462. The number of benzene rings is 1. The fourth-order valence-electron chi connectivity index (χ4n) is 3.36. The van der Waals surface area contributed by atoms with E-state index in [0.717, 1.165) is 27.9 Å². The van der Waals surface area contributed by atoms with E-state index >= 15 is 0 Å². The molecule has 184 valence electrons. The lowest BCUT2D eigenvalue weighted by atomic mass is 10.1. The molecule has 1 aliphatic heterocycles. The van der Waals surface area contributed by atoms with E-state index in [4.69, 9.17) is 15.5 Å². The maximum atomic E-state index is 12.3. The Morgan fingerprint density at radius 1 is 1.15 bits per heavy atom. The van der Waals surface area contributed by atoms with Crippen LogP contribution >= 0.6 is 0 Å². The van der Waals surface area contributed by atoms with Gasteiger partial charge in [-0.3, -0.25) is 0 Å². The van der Waals surface area contributed by atoms with Crippen LogP contribution in [0.25, 0.3) is 28.1 Å². The topological polar surface area (TPSA) is 110 Å². The number of anilines is 1. The molecule has 0 bridgehead atoms. The van der Waals surface area contributed by atoms with Crippen molar-refractivity contribution >= 4 is 28.5 Å². The minimum absolute atomic E-state index is 0.306. The number of hydrogen-bond donors (Lipinski definition) is 2. The SMILES string of the molecule is CC.CC.Cc1ccc2nc(-c3nc(C4=CCN(C(=O)OC(C)(C)C)CC4)cnc3N)[nH]c2c1. The summed E-state index contributed by atoms with van der Waals surface area (Å²) in [5, 5.41) is 0. The first-order valence-electron chi connectivity index (χ1n) is 12.0. The monoisotopic (exact) mass is 466 g/mol. The molecule has 1 aromatic carbocycles. The molecule has 3 heterocycles. The lowest BCUT2D eigenvalue weighted by Gasteiger charge is -2.29. The molecule has 2 aromatic heterocycles. The molecule has 0 unspecified atom stereocenters. The van der Waals surface area contributed by atoms with Crippen molar-refractivity contribution in [3.8, 4) is 11.5 Å². The van der Waals surface area contributed by atoms with Crippen LogP contribution in [-0.4, -0.2) is 49.6 Å². The first kappa shape index (κ1) is 26.8. The van der Waals surface area contributed by atoms with Crippen LogP contribution in [0.3, 0.4) is 0 Å². The van der Waals surface area contributed by atoms with Gasteiger partial charge in [0.1, 0.15) is 11.3 Å². The molecular weight excluding hydrogens is 428 g/mol. The number of carbonyl (C=O) groups is 1. The summed E-state index contributed by atoms with van der Waals surface area (Å²) in [6.45, 7) is 16.6. The Morgan fingerprint density at radius 2 is 1.85 bits per heavy atom. The van der Waals surface area contributed by atoms with E-state index in [1.807, 2.05) is 79.7 Å². The minimum atomic E-state index is -0.510. The number of amides is 1. The molecule has 8 nitrogen and oxygen atoms in total. The molecule has 4 rings (SSSR count). The van der Waals surface area contributed by atoms with Crippen molar-refractivity contribution in [1.82, 2.24) is 24.8 Å². The Balaban J connectivity index is 0.000000970. The highest BCUT2D eigenvalue weighted by atomic mass is 16.6. The Hall–Kier alpha value is -3.42. The van der Waals surface area contributed by atoms with E-state index in [1.54, 1.807) is 11.1 Å².